The SMILES string of the molecule is COc1ccc(C(N)=O)c(NS(=O)(=O)c2cccc(C(F)(F)F)c2)c1-c1ccc(Cl)cc1. The number of benzene rings is 3. The third-order valence-corrected chi connectivity index (χ3v) is 6.09. The molecular formula is C21H16ClF3N2O4S. The zero-order valence-corrected chi connectivity index (χ0v) is 18.0. The van der Waals surface area contributed by atoms with E-state index in [0.717, 1.165) is 18.2 Å². The van der Waals surface area contributed by atoms with Crippen LogP contribution >= 0.6 is 11.6 Å². The maximum atomic E-state index is 13.1. The molecule has 0 aliphatic carbocycles. The third-order valence-electron chi connectivity index (χ3n) is 4.49. The van der Waals surface area contributed by atoms with Crippen LogP contribution in [-0.4, -0.2) is 21.4 Å². The number of nitrogens with two attached hydrogens (primary N) is 1. The van der Waals surface area contributed by atoms with E-state index in [2.05, 4.69) is 4.72 Å². The van der Waals surface area contributed by atoms with Gasteiger partial charge in [-0.05, 0) is 48.0 Å². The van der Waals surface area contributed by atoms with Crippen LogP contribution in [0, 0.1) is 0 Å². The van der Waals surface area contributed by atoms with Crippen molar-refractivity contribution in [1.29, 1.82) is 0 Å². The summed E-state index contributed by atoms with van der Waals surface area (Å²) in [4.78, 5) is 11.4. The van der Waals surface area contributed by atoms with Gasteiger partial charge in [0, 0.05) is 10.6 Å². The molecule has 0 heterocycles. The highest BCUT2D eigenvalue weighted by atomic mass is 35.5. The number of methoxy groups -OCH3 is 1. The molecule has 0 bridgehead atoms. The first-order valence-electron chi connectivity index (χ1n) is 8.91. The molecule has 0 aliphatic heterocycles. The fraction of sp³-hybridized carbons (Fsp3) is 0.0952. The van der Waals surface area contributed by atoms with Crippen molar-refractivity contribution in [2.24, 2.45) is 5.73 Å². The van der Waals surface area contributed by atoms with Crippen molar-refractivity contribution in [1.82, 2.24) is 0 Å². The average molecular weight is 485 g/mol. The number of amides is 1. The first kappa shape index (κ1) is 23.4. The Hall–Kier alpha value is -3.24. The zero-order valence-electron chi connectivity index (χ0n) is 16.4. The number of anilines is 1. The standard InChI is InChI=1S/C21H16ClF3N2O4S/c1-31-17-10-9-16(20(26)28)19(18(17)12-5-7-14(22)8-6-12)27-32(29,30)15-4-2-3-13(11-15)21(23,24)25/h2-11,27H,1H3,(H2,26,28). The predicted molar refractivity (Wildman–Crippen MR) is 114 cm³/mol. The van der Waals surface area contributed by atoms with Crippen LogP contribution in [0.15, 0.2) is 65.6 Å². The molecule has 1 amide bonds. The number of hydrogen-bond acceptors (Lipinski definition) is 4. The normalized spacial score (nSPS) is 11.8. The molecule has 3 aromatic carbocycles. The van der Waals surface area contributed by atoms with Crippen LogP contribution in [0.4, 0.5) is 18.9 Å². The first-order chi connectivity index (χ1) is 14.9. The van der Waals surface area contributed by atoms with Crippen LogP contribution in [0.25, 0.3) is 11.1 Å². The summed E-state index contributed by atoms with van der Waals surface area (Å²) < 4.78 is 72.7. The minimum absolute atomic E-state index is 0.163. The van der Waals surface area contributed by atoms with Crippen molar-refractivity contribution in [2.45, 2.75) is 11.1 Å². The van der Waals surface area contributed by atoms with Gasteiger partial charge < -0.3 is 10.5 Å². The van der Waals surface area contributed by atoms with Gasteiger partial charge in [0.2, 0.25) is 0 Å². The number of nitrogens with one attached hydrogen (secondary N) is 1. The number of alkyl halides is 3. The Morgan fingerprint density at radius 3 is 2.28 bits per heavy atom. The summed E-state index contributed by atoms with van der Waals surface area (Å²) in [5.41, 5.74) is 4.44. The van der Waals surface area contributed by atoms with Crippen molar-refractivity contribution in [2.75, 3.05) is 11.8 Å². The Morgan fingerprint density at radius 2 is 1.72 bits per heavy atom. The van der Waals surface area contributed by atoms with Gasteiger partial charge >= 0.3 is 6.18 Å². The van der Waals surface area contributed by atoms with E-state index >= 15 is 0 Å². The van der Waals surface area contributed by atoms with Crippen molar-refractivity contribution < 1.29 is 31.1 Å². The molecule has 0 aromatic heterocycles. The number of rotatable bonds is 6. The van der Waals surface area contributed by atoms with Gasteiger partial charge in [0.1, 0.15) is 5.75 Å². The smallest absolute Gasteiger partial charge is 0.416 e. The Kier molecular flexibility index (Phi) is 6.38. The molecule has 0 radical (unpaired) electrons. The lowest BCUT2D eigenvalue weighted by Gasteiger charge is -2.19. The molecule has 3 aromatic rings. The monoisotopic (exact) mass is 484 g/mol. The van der Waals surface area contributed by atoms with Crippen LogP contribution < -0.4 is 15.2 Å². The van der Waals surface area contributed by atoms with Crippen LogP contribution in [0.2, 0.25) is 5.02 Å². The highest BCUT2D eigenvalue weighted by Crippen LogP contribution is 2.41. The topological polar surface area (TPSA) is 98.5 Å². The first-order valence-corrected chi connectivity index (χ1v) is 10.8. The number of hydrogen-bond donors (Lipinski definition) is 2. The summed E-state index contributed by atoms with van der Waals surface area (Å²) >= 11 is 5.92. The van der Waals surface area contributed by atoms with Gasteiger partial charge in [-0.2, -0.15) is 13.2 Å². The van der Waals surface area contributed by atoms with Crippen LogP contribution in [0.1, 0.15) is 15.9 Å². The maximum Gasteiger partial charge on any atom is 0.416 e. The summed E-state index contributed by atoms with van der Waals surface area (Å²) in [6.45, 7) is 0. The van der Waals surface area contributed by atoms with E-state index in [1.54, 1.807) is 24.3 Å². The largest absolute Gasteiger partial charge is 0.496 e. The maximum absolute atomic E-state index is 13.1. The second-order valence-corrected chi connectivity index (χ2v) is 8.69. The molecule has 3 rings (SSSR count). The minimum atomic E-state index is -4.74. The van der Waals surface area contributed by atoms with Crippen molar-refractivity contribution >= 4 is 33.2 Å². The summed E-state index contributed by atoms with van der Waals surface area (Å²) in [7, 11) is -3.22. The molecule has 0 saturated carbocycles. The third kappa shape index (κ3) is 4.81. The van der Waals surface area contributed by atoms with E-state index in [0.29, 0.717) is 16.7 Å². The van der Waals surface area contributed by atoms with Gasteiger partial charge in [-0.3, -0.25) is 9.52 Å². The number of carbonyl (C=O) groups is 1. The van der Waals surface area contributed by atoms with Gasteiger partial charge in [-0.25, -0.2) is 8.42 Å². The fourth-order valence-electron chi connectivity index (χ4n) is 3.00. The minimum Gasteiger partial charge on any atom is -0.496 e. The average Bonchev–Trinajstić information content (AvgIpc) is 2.73. The number of primary amides is 1. The Bertz CT molecular complexity index is 1280. The van der Waals surface area contributed by atoms with Gasteiger partial charge in [0.05, 0.1) is 28.8 Å². The molecule has 32 heavy (non-hydrogen) atoms. The van der Waals surface area contributed by atoms with Gasteiger partial charge in [-0.1, -0.05) is 29.8 Å². The van der Waals surface area contributed by atoms with Crippen molar-refractivity contribution in [3.63, 3.8) is 0 Å². The van der Waals surface area contributed by atoms with E-state index in [1.807, 2.05) is 0 Å². The lowest BCUT2D eigenvalue weighted by molar-refractivity contribution is -0.137. The van der Waals surface area contributed by atoms with Crippen LogP contribution in [0.5, 0.6) is 5.75 Å². The molecular weight excluding hydrogens is 469 g/mol. The number of carbonyl (C=O) groups excluding carboxylic acids is 1. The molecule has 3 N–H and O–H groups in total. The number of sulfonamides is 1. The van der Waals surface area contributed by atoms with E-state index in [4.69, 9.17) is 22.1 Å². The predicted octanol–water partition coefficient (Wildman–Crippen LogP) is 4.93. The molecule has 0 fully saturated rings. The van der Waals surface area contributed by atoms with Gasteiger partial charge in [0.15, 0.2) is 0 Å². The number of halogens is 4. The molecule has 0 atom stereocenters. The molecule has 0 saturated heterocycles. The Morgan fingerprint density at radius 1 is 1.06 bits per heavy atom. The molecule has 0 aliphatic rings. The lowest BCUT2D eigenvalue weighted by atomic mass is 9.99. The molecule has 0 spiro atoms. The highest BCUT2D eigenvalue weighted by Gasteiger charge is 2.32. The summed E-state index contributed by atoms with van der Waals surface area (Å²) in [6, 6.07) is 12.1. The van der Waals surface area contributed by atoms with Crippen LogP contribution in [0.3, 0.4) is 0 Å². The van der Waals surface area contributed by atoms with E-state index in [9.17, 15) is 26.4 Å². The Labute approximate surface area is 186 Å². The quantitative estimate of drug-likeness (QED) is 0.518. The molecule has 6 nitrogen and oxygen atoms in total. The fourth-order valence-corrected chi connectivity index (χ4v) is 4.27. The second-order valence-electron chi connectivity index (χ2n) is 6.57. The Balaban J connectivity index is 2.22. The van der Waals surface area contributed by atoms with Crippen molar-refractivity contribution in [3.8, 4) is 16.9 Å². The molecule has 0 unspecified atom stereocenters. The summed E-state index contributed by atoms with van der Waals surface area (Å²) in [5.74, 6) is -0.760. The summed E-state index contributed by atoms with van der Waals surface area (Å²) in [6.07, 6.45) is -4.74. The van der Waals surface area contributed by atoms with Crippen molar-refractivity contribution in [3.05, 3.63) is 76.8 Å². The summed E-state index contributed by atoms with van der Waals surface area (Å²) in [5, 5.41) is 0.407. The van der Waals surface area contributed by atoms with Gasteiger partial charge in [-0.15, -0.1) is 0 Å². The number of ether oxygens (including phenoxy) is 1. The van der Waals surface area contributed by atoms with Gasteiger partial charge in [0.25, 0.3) is 15.9 Å². The van der Waals surface area contributed by atoms with E-state index in [-0.39, 0.29) is 22.6 Å². The lowest BCUT2D eigenvalue weighted by Crippen LogP contribution is -2.20. The molecule has 168 valence electrons. The highest BCUT2D eigenvalue weighted by molar-refractivity contribution is 7.92. The zero-order chi connectivity index (χ0) is 23.7. The van der Waals surface area contributed by atoms with E-state index in [1.165, 1.54) is 19.2 Å². The van der Waals surface area contributed by atoms with E-state index < -0.39 is 32.6 Å². The van der Waals surface area contributed by atoms with Crippen LogP contribution in [-0.2, 0) is 16.2 Å². The second kappa shape index (κ2) is 8.71. The molecule has 11 heteroatoms.